The van der Waals surface area contributed by atoms with E-state index < -0.39 is 6.04 Å². The topological polar surface area (TPSA) is 55.1 Å². The molecule has 0 fully saturated rings. The number of nitrogens with two attached hydrogens (primary N) is 1. The lowest BCUT2D eigenvalue weighted by atomic mass is 10.0. The van der Waals surface area contributed by atoms with Gasteiger partial charge < -0.3 is 11.1 Å². The molecule has 4 heteroatoms. The van der Waals surface area contributed by atoms with Crippen LogP contribution in [0.5, 0.6) is 0 Å². The average molecular weight is 226 g/mol. The number of carbonyl (C=O) groups is 1. The highest BCUT2D eigenvalue weighted by Crippen LogP contribution is 2.18. The maximum Gasteiger partial charge on any atom is 0.237 e. The molecule has 0 saturated carbocycles. The second-order valence-electron chi connectivity index (χ2n) is 4.02. The van der Waals surface area contributed by atoms with Crippen molar-refractivity contribution in [2.45, 2.75) is 32.9 Å². The van der Waals surface area contributed by atoms with Crippen LogP contribution in [0.3, 0.4) is 0 Å². The highest BCUT2D eigenvalue weighted by atomic mass is 32.1. The normalized spacial score (nSPS) is 15.0. The van der Waals surface area contributed by atoms with Crippen LogP contribution in [-0.4, -0.2) is 11.9 Å². The first kappa shape index (κ1) is 12.2. The molecule has 1 amide bonds. The van der Waals surface area contributed by atoms with Crippen LogP contribution in [0.4, 0.5) is 0 Å². The van der Waals surface area contributed by atoms with Crippen LogP contribution in [0.25, 0.3) is 0 Å². The van der Waals surface area contributed by atoms with Crippen LogP contribution in [0.1, 0.15) is 31.7 Å². The van der Waals surface area contributed by atoms with E-state index in [4.69, 9.17) is 5.73 Å². The van der Waals surface area contributed by atoms with E-state index in [1.54, 1.807) is 11.3 Å². The monoisotopic (exact) mass is 226 g/mol. The molecule has 0 spiro atoms. The minimum atomic E-state index is -0.424. The molecule has 15 heavy (non-hydrogen) atoms. The van der Waals surface area contributed by atoms with Gasteiger partial charge in [-0.2, -0.15) is 0 Å². The summed E-state index contributed by atoms with van der Waals surface area (Å²) in [5, 5.41) is 4.91. The molecule has 1 aromatic heterocycles. The van der Waals surface area contributed by atoms with Crippen LogP contribution in [0.2, 0.25) is 0 Å². The lowest BCUT2D eigenvalue weighted by molar-refractivity contribution is -0.123. The first-order valence-corrected chi connectivity index (χ1v) is 5.99. The number of carbonyl (C=O) groups excluding carboxylic acids is 1. The third-order valence-corrected chi connectivity index (χ3v) is 3.40. The first-order valence-electron chi connectivity index (χ1n) is 5.11. The number of amides is 1. The van der Waals surface area contributed by atoms with Gasteiger partial charge in [0.1, 0.15) is 0 Å². The molecular formula is C11H18N2OS. The van der Waals surface area contributed by atoms with Crippen molar-refractivity contribution in [3.8, 4) is 0 Å². The van der Waals surface area contributed by atoms with Crippen LogP contribution in [0, 0.1) is 5.92 Å². The fourth-order valence-corrected chi connectivity index (χ4v) is 1.96. The number of thiophene rings is 1. The van der Waals surface area contributed by atoms with Gasteiger partial charge in [-0.3, -0.25) is 4.79 Å². The van der Waals surface area contributed by atoms with Crippen molar-refractivity contribution in [1.82, 2.24) is 5.32 Å². The molecule has 3 N–H and O–H groups in total. The standard InChI is InChI=1S/C11H18N2OS/c1-7(2)10(12)11(14)13-8(3)9-5-4-6-15-9/h4-8,10H,12H2,1-3H3,(H,13,14)/t8?,10-/m1/s1. The van der Waals surface area contributed by atoms with Gasteiger partial charge in [-0.05, 0) is 24.3 Å². The van der Waals surface area contributed by atoms with Gasteiger partial charge in [-0.1, -0.05) is 19.9 Å². The Morgan fingerprint density at radius 2 is 2.13 bits per heavy atom. The van der Waals surface area contributed by atoms with Gasteiger partial charge in [0.2, 0.25) is 5.91 Å². The van der Waals surface area contributed by atoms with Gasteiger partial charge in [-0.15, -0.1) is 11.3 Å². The molecule has 0 aliphatic carbocycles. The molecule has 0 bridgehead atoms. The number of hydrogen-bond acceptors (Lipinski definition) is 3. The van der Waals surface area contributed by atoms with Gasteiger partial charge in [-0.25, -0.2) is 0 Å². The Bertz CT molecular complexity index is 308. The van der Waals surface area contributed by atoms with Crippen molar-refractivity contribution in [2.24, 2.45) is 11.7 Å². The summed E-state index contributed by atoms with van der Waals surface area (Å²) in [6.45, 7) is 5.86. The van der Waals surface area contributed by atoms with Crippen molar-refractivity contribution in [1.29, 1.82) is 0 Å². The van der Waals surface area contributed by atoms with E-state index in [9.17, 15) is 4.79 Å². The van der Waals surface area contributed by atoms with Gasteiger partial charge in [0.25, 0.3) is 0 Å². The van der Waals surface area contributed by atoms with Crippen molar-refractivity contribution >= 4 is 17.2 Å². The Kier molecular flexibility index (Phi) is 4.29. The Morgan fingerprint density at radius 3 is 2.60 bits per heavy atom. The van der Waals surface area contributed by atoms with E-state index in [-0.39, 0.29) is 17.9 Å². The number of rotatable bonds is 4. The van der Waals surface area contributed by atoms with Crippen LogP contribution < -0.4 is 11.1 Å². The summed E-state index contributed by atoms with van der Waals surface area (Å²) in [5.74, 6) is 0.0893. The molecular weight excluding hydrogens is 208 g/mol. The van der Waals surface area contributed by atoms with Gasteiger partial charge in [0, 0.05) is 4.88 Å². The summed E-state index contributed by atoms with van der Waals surface area (Å²) in [7, 11) is 0. The van der Waals surface area contributed by atoms with Gasteiger partial charge in [0.05, 0.1) is 12.1 Å². The van der Waals surface area contributed by atoms with Crippen LogP contribution >= 0.6 is 11.3 Å². The fraction of sp³-hybridized carbons (Fsp3) is 0.545. The largest absolute Gasteiger partial charge is 0.347 e. The second-order valence-corrected chi connectivity index (χ2v) is 4.99. The van der Waals surface area contributed by atoms with E-state index in [0.717, 1.165) is 4.88 Å². The lowest BCUT2D eigenvalue weighted by Gasteiger charge is -2.18. The van der Waals surface area contributed by atoms with E-state index in [1.165, 1.54) is 0 Å². The molecule has 3 nitrogen and oxygen atoms in total. The summed E-state index contributed by atoms with van der Waals surface area (Å²) >= 11 is 1.64. The molecule has 1 aromatic rings. The van der Waals surface area contributed by atoms with Gasteiger partial charge >= 0.3 is 0 Å². The fourth-order valence-electron chi connectivity index (χ4n) is 1.22. The zero-order chi connectivity index (χ0) is 11.4. The zero-order valence-electron chi connectivity index (χ0n) is 9.36. The van der Waals surface area contributed by atoms with E-state index in [2.05, 4.69) is 5.32 Å². The molecule has 1 unspecified atom stereocenters. The third kappa shape index (κ3) is 3.32. The molecule has 84 valence electrons. The average Bonchev–Trinajstić information content (AvgIpc) is 2.68. The minimum absolute atomic E-state index is 0.0438. The SMILES string of the molecule is CC(NC(=O)[C@H](N)C(C)C)c1cccs1. The third-order valence-electron chi connectivity index (χ3n) is 2.35. The van der Waals surface area contributed by atoms with Crippen molar-refractivity contribution in [2.75, 3.05) is 0 Å². The molecule has 2 atom stereocenters. The predicted octanol–water partition coefficient (Wildman–Crippen LogP) is 1.91. The summed E-state index contributed by atoms with van der Waals surface area (Å²) in [5.41, 5.74) is 5.75. The molecule has 1 rings (SSSR count). The van der Waals surface area contributed by atoms with Crippen molar-refractivity contribution in [3.63, 3.8) is 0 Å². The second kappa shape index (κ2) is 5.28. The first-order chi connectivity index (χ1) is 7.02. The molecule has 0 aliphatic heterocycles. The Balaban J connectivity index is 2.52. The highest BCUT2D eigenvalue weighted by molar-refractivity contribution is 7.10. The van der Waals surface area contributed by atoms with Crippen LogP contribution in [-0.2, 0) is 4.79 Å². The summed E-state index contributed by atoms with van der Waals surface area (Å²) < 4.78 is 0. The van der Waals surface area contributed by atoms with Crippen LogP contribution in [0.15, 0.2) is 17.5 Å². The maximum atomic E-state index is 11.7. The predicted molar refractivity (Wildman–Crippen MR) is 63.7 cm³/mol. The summed E-state index contributed by atoms with van der Waals surface area (Å²) in [4.78, 5) is 12.8. The molecule has 0 radical (unpaired) electrons. The number of hydrogen-bond donors (Lipinski definition) is 2. The quantitative estimate of drug-likeness (QED) is 0.824. The molecule has 0 saturated heterocycles. The van der Waals surface area contributed by atoms with Crippen molar-refractivity contribution < 1.29 is 4.79 Å². The van der Waals surface area contributed by atoms with Gasteiger partial charge in [0.15, 0.2) is 0 Å². The van der Waals surface area contributed by atoms with Crippen molar-refractivity contribution in [3.05, 3.63) is 22.4 Å². The smallest absolute Gasteiger partial charge is 0.237 e. The Hall–Kier alpha value is -0.870. The number of nitrogens with one attached hydrogen (secondary N) is 1. The molecule has 1 heterocycles. The minimum Gasteiger partial charge on any atom is -0.347 e. The Morgan fingerprint density at radius 1 is 1.47 bits per heavy atom. The van der Waals surface area contributed by atoms with E-state index in [1.807, 2.05) is 38.3 Å². The van der Waals surface area contributed by atoms with E-state index in [0.29, 0.717) is 0 Å². The maximum absolute atomic E-state index is 11.7. The lowest BCUT2D eigenvalue weighted by Crippen LogP contribution is -2.44. The highest BCUT2D eigenvalue weighted by Gasteiger charge is 2.19. The molecule has 0 aromatic carbocycles. The zero-order valence-corrected chi connectivity index (χ0v) is 10.2. The Labute approximate surface area is 94.7 Å². The van der Waals surface area contributed by atoms with E-state index >= 15 is 0 Å². The summed E-state index contributed by atoms with van der Waals surface area (Å²) in [6.07, 6.45) is 0. The molecule has 0 aliphatic rings. The summed E-state index contributed by atoms with van der Waals surface area (Å²) in [6, 6.07) is 3.61.